The second-order valence-corrected chi connectivity index (χ2v) is 6.51. The summed E-state index contributed by atoms with van der Waals surface area (Å²) in [6.07, 6.45) is 4.69. The Morgan fingerprint density at radius 3 is 2.70 bits per heavy atom. The molecule has 1 aromatic heterocycles. The highest BCUT2D eigenvalue weighted by Crippen LogP contribution is 2.08. The molecule has 7 heteroatoms. The summed E-state index contributed by atoms with van der Waals surface area (Å²) >= 11 is 0. The Hall–Kier alpha value is -2.38. The van der Waals surface area contributed by atoms with E-state index in [-0.39, 0.29) is 0 Å². The lowest BCUT2D eigenvalue weighted by Crippen LogP contribution is -2.40. The third-order valence-electron chi connectivity index (χ3n) is 4.55. The van der Waals surface area contributed by atoms with E-state index < -0.39 is 0 Å². The van der Waals surface area contributed by atoms with E-state index in [9.17, 15) is 0 Å². The van der Waals surface area contributed by atoms with Crippen LogP contribution < -0.4 is 10.6 Å². The molecule has 2 heterocycles. The molecule has 0 unspecified atom stereocenters. The molecule has 0 bridgehead atoms. The van der Waals surface area contributed by atoms with Gasteiger partial charge in [0.1, 0.15) is 0 Å². The molecule has 1 aliphatic heterocycles. The standard InChI is InChI=1S/C20H30N6O/c1-2-21-20(23-11-13-25-14-16-27-17-15-25)22-10-8-18-4-6-19(7-5-18)26-12-3-9-24-26/h3-7,9,12H,2,8,10-11,13-17H2,1H3,(H2,21,22,23). The van der Waals surface area contributed by atoms with Gasteiger partial charge in [-0.2, -0.15) is 5.10 Å². The van der Waals surface area contributed by atoms with Gasteiger partial charge in [-0.25, -0.2) is 4.68 Å². The van der Waals surface area contributed by atoms with Crippen LogP contribution in [0.1, 0.15) is 12.5 Å². The number of aliphatic imine (C=N–C) groups is 1. The predicted octanol–water partition coefficient (Wildman–Crippen LogP) is 1.30. The fraction of sp³-hybridized carbons (Fsp3) is 0.500. The first-order valence-electron chi connectivity index (χ1n) is 9.76. The lowest BCUT2D eigenvalue weighted by atomic mass is 10.1. The Bertz CT molecular complexity index is 677. The number of ether oxygens (including phenoxy) is 1. The number of hydrogen-bond acceptors (Lipinski definition) is 4. The summed E-state index contributed by atoms with van der Waals surface area (Å²) in [6.45, 7) is 9.27. The van der Waals surface area contributed by atoms with Crippen LogP contribution in [-0.4, -0.2) is 73.1 Å². The average molecular weight is 371 g/mol. The zero-order chi connectivity index (χ0) is 18.7. The molecule has 7 nitrogen and oxygen atoms in total. The van der Waals surface area contributed by atoms with Gasteiger partial charge in [0.05, 0.1) is 25.4 Å². The van der Waals surface area contributed by atoms with Crippen molar-refractivity contribution in [1.29, 1.82) is 0 Å². The summed E-state index contributed by atoms with van der Waals surface area (Å²) in [6, 6.07) is 10.4. The van der Waals surface area contributed by atoms with Gasteiger partial charge in [0.2, 0.25) is 0 Å². The maximum Gasteiger partial charge on any atom is 0.191 e. The molecule has 1 saturated heterocycles. The number of benzene rings is 1. The third kappa shape index (κ3) is 6.37. The Morgan fingerprint density at radius 1 is 1.19 bits per heavy atom. The Morgan fingerprint density at radius 2 is 2.00 bits per heavy atom. The molecule has 1 fully saturated rings. The number of nitrogens with zero attached hydrogens (tertiary/aromatic N) is 4. The van der Waals surface area contributed by atoms with Gasteiger partial charge in [0, 0.05) is 45.1 Å². The first-order valence-corrected chi connectivity index (χ1v) is 9.76. The summed E-state index contributed by atoms with van der Waals surface area (Å²) in [7, 11) is 0. The smallest absolute Gasteiger partial charge is 0.191 e. The first-order chi connectivity index (χ1) is 13.3. The largest absolute Gasteiger partial charge is 0.379 e. The second kappa shape index (κ2) is 10.7. The van der Waals surface area contributed by atoms with Crippen molar-refractivity contribution in [3.63, 3.8) is 0 Å². The zero-order valence-electron chi connectivity index (χ0n) is 16.1. The average Bonchev–Trinajstić information content (AvgIpc) is 3.24. The summed E-state index contributed by atoms with van der Waals surface area (Å²) in [5.41, 5.74) is 2.37. The fourth-order valence-electron chi connectivity index (χ4n) is 3.03. The number of morpholine rings is 1. The molecule has 0 saturated carbocycles. The Kier molecular flexibility index (Phi) is 7.68. The highest BCUT2D eigenvalue weighted by Gasteiger charge is 2.09. The van der Waals surface area contributed by atoms with Crippen LogP contribution in [0.4, 0.5) is 0 Å². The van der Waals surface area contributed by atoms with Crippen molar-refractivity contribution in [2.75, 3.05) is 52.5 Å². The number of aromatic nitrogens is 2. The van der Waals surface area contributed by atoms with E-state index in [0.717, 1.165) is 70.6 Å². The quantitative estimate of drug-likeness (QED) is 0.542. The lowest BCUT2D eigenvalue weighted by Gasteiger charge is -2.25. The molecular weight excluding hydrogens is 340 g/mol. The van der Waals surface area contributed by atoms with Crippen molar-refractivity contribution in [3.05, 3.63) is 48.3 Å². The summed E-state index contributed by atoms with van der Waals surface area (Å²) in [4.78, 5) is 7.09. The molecule has 0 spiro atoms. The van der Waals surface area contributed by atoms with E-state index in [1.54, 1.807) is 6.20 Å². The molecule has 0 aliphatic carbocycles. The highest BCUT2D eigenvalue weighted by atomic mass is 16.5. The van der Waals surface area contributed by atoms with Crippen molar-refractivity contribution >= 4 is 5.96 Å². The SMILES string of the molecule is CCNC(=NCCN1CCOCC1)NCCc1ccc(-n2cccn2)cc1. The van der Waals surface area contributed by atoms with Crippen LogP contribution >= 0.6 is 0 Å². The Balaban J connectivity index is 1.42. The summed E-state index contributed by atoms with van der Waals surface area (Å²) < 4.78 is 7.25. The normalized spacial score (nSPS) is 15.7. The van der Waals surface area contributed by atoms with Crippen LogP contribution in [-0.2, 0) is 11.2 Å². The van der Waals surface area contributed by atoms with Gasteiger partial charge in [-0.1, -0.05) is 12.1 Å². The summed E-state index contributed by atoms with van der Waals surface area (Å²) in [5, 5.41) is 11.0. The fourth-order valence-corrected chi connectivity index (χ4v) is 3.03. The van der Waals surface area contributed by atoms with Gasteiger partial charge in [-0.05, 0) is 37.1 Å². The lowest BCUT2D eigenvalue weighted by molar-refractivity contribution is 0.0394. The van der Waals surface area contributed by atoms with E-state index in [1.165, 1.54) is 5.56 Å². The van der Waals surface area contributed by atoms with Crippen LogP contribution in [0.3, 0.4) is 0 Å². The second-order valence-electron chi connectivity index (χ2n) is 6.51. The van der Waals surface area contributed by atoms with Crippen molar-refractivity contribution in [3.8, 4) is 5.69 Å². The van der Waals surface area contributed by atoms with E-state index in [1.807, 2.05) is 16.9 Å². The van der Waals surface area contributed by atoms with Gasteiger partial charge < -0.3 is 15.4 Å². The molecule has 0 atom stereocenters. The van der Waals surface area contributed by atoms with Crippen LogP contribution in [0, 0.1) is 0 Å². The molecule has 2 N–H and O–H groups in total. The van der Waals surface area contributed by atoms with E-state index >= 15 is 0 Å². The molecule has 0 radical (unpaired) electrons. The maximum atomic E-state index is 5.38. The van der Waals surface area contributed by atoms with Crippen molar-refractivity contribution < 1.29 is 4.74 Å². The van der Waals surface area contributed by atoms with Crippen LogP contribution in [0.5, 0.6) is 0 Å². The van der Waals surface area contributed by atoms with Crippen LogP contribution in [0.15, 0.2) is 47.7 Å². The minimum atomic E-state index is 0.800. The Labute approximate surface area is 161 Å². The van der Waals surface area contributed by atoms with E-state index in [0.29, 0.717) is 0 Å². The third-order valence-corrected chi connectivity index (χ3v) is 4.55. The highest BCUT2D eigenvalue weighted by molar-refractivity contribution is 5.79. The minimum Gasteiger partial charge on any atom is -0.379 e. The first kappa shape index (κ1) is 19.4. The van der Waals surface area contributed by atoms with Crippen molar-refractivity contribution in [2.24, 2.45) is 4.99 Å². The molecule has 27 heavy (non-hydrogen) atoms. The number of rotatable bonds is 8. The number of nitrogens with one attached hydrogen (secondary N) is 2. The van der Waals surface area contributed by atoms with Crippen molar-refractivity contribution in [2.45, 2.75) is 13.3 Å². The molecule has 1 aromatic carbocycles. The summed E-state index contributed by atoms with van der Waals surface area (Å²) in [5.74, 6) is 0.888. The van der Waals surface area contributed by atoms with E-state index in [4.69, 9.17) is 4.74 Å². The molecule has 2 aromatic rings. The molecule has 1 aliphatic rings. The molecule has 3 rings (SSSR count). The number of hydrogen-bond donors (Lipinski definition) is 2. The van der Waals surface area contributed by atoms with Crippen LogP contribution in [0.25, 0.3) is 5.69 Å². The minimum absolute atomic E-state index is 0.800. The topological polar surface area (TPSA) is 66.7 Å². The van der Waals surface area contributed by atoms with Gasteiger partial charge in [-0.3, -0.25) is 9.89 Å². The van der Waals surface area contributed by atoms with Crippen LogP contribution in [0.2, 0.25) is 0 Å². The molecular formula is C20H30N6O. The van der Waals surface area contributed by atoms with Gasteiger partial charge in [-0.15, -0.1) is 0 Å². The maximum absolute atomic E-state index is 5.38. The zero-order valence-corrected chi connectivity index (χ0v) is 16.1. The predicted molar refractivity (Wildman–Crippen MR) is 109 cm³/mol. The number of guanidine groups is 1. The van der Waals surface area contributed by atoms with Gasteiger partial charge in [0.15, 0.2) is 5.96 Å². The van der Waals surface area contributed by atoms with Gasteiger partial charge >= 0.3 is 0 Å². The molecule has 146 valence electrons. The molecule has 0 amide bonds. The van der Waals surface area contributed by atoms with Crippen molar-refractivity contribution in [1.82, 2.24) is 25.3 Å². The van der Waals surface area contributed by atoms with Gasteiger partial charge in [0.25, 0.3) is 0 Å². The van der Waals surface area contributed by atoms with E-state index in [2.05, 4.69) is 56.8 Å². The monoisotopic (exact) mass is 370 g/mol.